The molecule has 1 heteroatoms. The number of hydrogen-bond donors (Lipinski definition) is 1. The van der Waals surface area contributed by atoms with Crippen molar-refractivity contribution in [2.45, 2.75) is 6.42 Å². The normalized spacial score (nSPS) is 10.2. The van der Waals surface area contributed by atoms with E-state index >= 15 is 0 Å². The van der Waals surface area contributed by atoms with Crippen LogP contribution in [0.25, 0.3) is 5.57 Å². The van der Waals surface area contributed by atoms with Crippen LogP contribution in [-0.2, 0) is 6.42 Å². The highest BCUT2D eigenvalue weighted by Gasteiger charge is 2.05. The van der Waals surface area contributed by atoms with Crippen LogP contribution in [0.1, 0.15) is 16.7 Å². The summed E-state index contributed by atoms with van der Waals surface area (Å²) in [6.07, 6.45) is 2.88. The zero-order valence-corrected chi connectivity index (χ0v) is 12.3. The monoisotopic (exact) mass is 286 g/mol. The molecule has 3 aromatic rings. The Kier molecular flexibility index (Phi) is 4.35. The molecule has 0 aliphatic rings. The van der Waals surface area contributed by atoms with Crippen molar-refractivity contribution in [3.63, 3.8) is 0 Å². The van der Waals surface area contributed by atoms with E-state index in [0.29, 0.717) is 12.2 Å². The van der Waals surface area contributed by atoms with Gasteiger partial charge in [0.05, 0.1) is 0 Å². The lowest BCUT2D eigenvalue weighted by Gasteiger charge is -2.09. The lowest BCUT2D eigenvalue weighted by Crippen LogP contribution is -1.90. The third kappa shape index (κ3) is 3.26. The van der Waals surface area contributed by atoms with Gasteiger partial charge >= 0.3 is 0 Å². The fourth-order valence-corrected chi connectivity index (χ4v) is 2.53. The highest BCUT2D eigenvalue weighted by molar-refractivity contribution is 5.79. The molecule has 1 nitrogen and oxygen atoms in total. The molecule has 3 aromatic carbocycles. The van der Waals surface area contributed by atoms with Crippen molar-refractivity contribution in [2.24, 2.45) is 0 Å². The van der Waals surface area contributed by atoms with Gasteiger partial charge in [-0.3, -0.25) is 0 Å². The molecular weight excluding hydrogens is 268 g/mol. The molecule has 0 aromatic heterocycles. The first-order valence-electron chi connectivity index (χ1n) is 7.42. The highest BCUT2D eigenvalue weighted by atomic mass is 16.3. The van der Waals surface area contributed by atoms with Gasteiger partial charge in [-0.2, -0.15) is 0 Å². The number of phenolic OH excluding ortho intramolecular Hbond substituents is 1. The average molecular weight is 286 g/mol. The van der Waals surface area contributed by atoms with Crippen LogP contribution >= 0.6 is 0 Å². The molecule has 0 amide bonds. The van der Waals surface area contributed by atoms with E-state index in [1.807, 2.05) is 54.6 Å². The first kappa shape index (κ1) is 14.2. The first-order chi connectivity index (χ1) is 10.8. The Labute approximate surface area is 131 Å². The molecule has 22 heavy (non-hydrogen) atoms. The van der Waals surface area contributed by atoms with E-state index < -0.39 is 0 Å². The molecule has 0 saturated carbocycles. The number of phenols is 1. The van der Waals surface area contributed by atoms with E-state index in [1.54, 1.807) is 6.07 Å². The summed E-state index contributed by atoms with van der Waals surface area (Å²) >= 11 is 0. The third-order valence-corrected chi connectivity index (χ3v) is 3.69. The molecule has 0 fully saturated rings. The van der Waals surface area contributed by atoms with Gasteiger partial charge in [0.2, 0.25) is 0 Å². The van der Waals surface area contributed by atoms with Crippen LogP contribution in [-0.4, -0.2) is 5.11 Å². The Morgan fingerprint density at radius 2 is 1.18 bits per heavy atom. The van der Waals surface area contributed by atoms with Crippen molar-refractivity contribution in [1.82, 2.24) is 0 Å². The SMILES string of the molecule is Oc1ccccc1CC=C(c1ccccc1)c1ccccc1. The van der Waals surface area contributed by atoms with Crippen LogP contribution in [0.15, 0.2) is 91.0 Å². The topological polar surface area (TPSA) is 20.2 Å². The average Bonchev–Trinajstić information content (AvgIpc) is 2.59. The van der Waals surface area contributed by atoms with Crippen LogP contribution in [0.3, 0.4) is 0 Å². The van der Waals surface area contributed by atoms with Crippen molar-refractivity contribution in [2.75, 3.05) is 0 Å². The van der Waals surface area contributed by atoms with Gasteiger partial charge in [-0.05, 0) is 34.8 Å². The summed E-state index contributed by atoms with van der Waals surface area (Å²) in [6.45, 7) is 0. The van der Waals surface area contributed by atoms with Crippen LogP contribution < -0.4 is 0 Å². The molecule has 0 spiro atoms. The van der Waals surface area contributed by atoms with Gasteiger partial charge in [-0.1, -0.05) is 84.9 Å². The summed E-state index contributed by atoms with van der Waals surface area (Å²) in [7, 11) is 0. The zero-order valence-electron chi connectivity index (χ0n) is 12.3. The van der Waals surface area contributed by atoms with Crippen LogP contribution in [0.4, 0.5) is 0 Å². The quantitative estimate of drug-likeness (QED) is 0.710. The Bertz CT molecular complexity index is 717. The van der Waals surface area contributed by atoms with Crippen LogP contribution in [0.2, 0.25) is 0 Å². The summed E-state index contributed by atoms with van der Waals surface area (Å²) in [5.74, 6) is 0.347. The number of rotatable bonds is 4. The fraction of sp³-hybridized carbons (Fsp3) is 0.0476. The van der Waals surface area contributed by atoms with Gasteiger partial charge in [0, 0.05) is 0 Å². The minimum absolute atomic E-state index is 0.347. The molecule has 0 unspecified atom stereocenters. The van der Waals surface area contributed by atoms with Crippen molar-refractivity contribution < 1.29 is 5.11 Å². The summed E-state index contributed by atoms with van der Waals surface area (Å²) in [5.41, 5.74) is 4.49. The van der Waals surface area contributed by atoms with Crippen molar-refractivity contribution >= 4 is 5.57 Å². The molecule has 0 heterocycles. The second kappa shape index (κ2) is 6.77. The molecule has 0 aliphatic carbocycles. The van der Waals surface area contributed by atoms with Crippen LogP contribution in [0.5, 0.6) is 5.75 Å². The standard InChI is InChI=1S/C21H18O/c22-21-14-8-7-13-19(21)15-16-20(17-9-3-1-4-10-17)18-11-5-2-6-12-18/h1-14,16,22H,15H2. The van der Waals surface area contributed by atoms with Gasteiger partial charge in [0.25, 0.3) is 0 Å². The maximum absolute atomic E-state index is 9.94. The van der Waals surface area contributed by atoms with Crippen molar-refractivity contribution in [3.8, 4) is 5.75 Å². The van der Waals surface area contributed by atoms with Gasteiger partial charge in [-0.25, -0.2) is 0 Å². The maximum atomic E-state index is 9.94. The van der Waals surface area contributed by atoms with Gasteiger partial charge < -0.3 is 5.11 Å². The highest BCUT2D eigenvalue weighted by Crippen LogP contribution is 2.25. The van der Waals surface area contributed by atoms with E-state index in [4.69, 9.17) is 0 Å². The summed E-state index contributed by atoms with van der Waals surface area (Å²) in [5, 5.41) is 9.94. The second-order valence-corrected chi connectivity index (χ2v) is 5.18. The zero-order chi connectivity index (χ0) is 15.2. The molecule has 0 aliphatic heterocycles. The van der Waals surface area contributed by atoms with E-state index in [-0.39, 0.29) is 0 Å². The second-order valence-electron chi connectivity index (χ2n) is 5.18. The number of hydrogen-bond acceptors (Lipinski definition) is 1. The van der Waals surface area contributed by atoms with E-state index in [2.05, 4.69) is 30.3 Å². The van der Waals surface area contributed by atoms with Crippen LogP contribution in [0, 0.1) is 0 Å². The summed E-state index contributed by atoms with van der Waals surface area (Å²) < 4.78 is 0. The first-order valence-corrected chi connectivity index (χ1v) is 7.42. The molecule has 0 atom stereocenters. The third-order valence-electron chi connectivity index (χ3n) is 3.69. The smallest absolute Gasteiger partial charge is 0.119 e. The minimum Gasteiger partial charge on any atom is -0.508 e. The van der Waals surface area contributed by atoms with Crippen molar-refractivity contribution in [1.29, 1.82) is 0 Å². The van der Waals surface area contributed by atoms with E-state index in [1.165, 1.54) is 16.7 Å². The Morgan fingerprint density at radius 3 is 1.73 bits per heavy atom. The summed E-state index contributed by atoms with van der Waals surface area (Å²) in [6, 6.07) is 28.2. The van der Waals surface area contributed by atoms with Gasteiger partial charge in [0.1, 0.15) is 5.75 Å². The van der Waals surface area contributed by atoms with Gasteiger partial charge in [0.15, 0.2) is 0 Å². The van der Waals surface area contributed by atoms with Gasteiger partial charge in [-0.15, -0.1) is 0 Å². The maximum Gasteiger partial charge on any atom is 0.119 e. The minimum atomic E-state index is 0.347. The van der Waals surface area contributed by atoms with Crippen molar-refractivity contribution in [3.05, 3.63) is 108 Å². The molecule has 108 valence electrons. The molecule has 1 N–H and O–H groups in total. The Balaban J connectivity index is 1.99. The Hall–Kier alpha value is -2.80. The fourth-order valence-electron chi connectivity index (χ4n) is 2.53. The number of benzene rings is 3. The number of aromatic hydroxyl groups is 1. The molecular formula is C21H18O. The summed E-state index contributed by atoms with van der Waals surface area (Å²) in [4.78, 5) is 0. The predicted molar refractivity (Wildman–Crippen MR) is 91.8 cm³/mol. The lowest BCUT2D eigenvalue weighted by atomic mass is 9.96. The molecule has 3 rings (SSSR count). The van der Waals surface area contributed by atoms with E-state index in [0.717, 1.165) is 5.56 Å². The molecule has 0 bridgehead atoms. The largest absolute Gasteiger partial charge is 0.508 e. The predicted octanol–water partition coefficient (Wildman–Crippen LogP) is 5.07. The molecule has 0 saturated heterocycles. The Morgan fingerprint density at radius 1 is 0.682 bits per heavy atom. The van der Waals surface area contributed by atoms with E-state index in [9.17, 15) is 5.11 Å². The lowest BCUT2D eigenvalue weighted by molar-refractivity contribution is 0.470. The molecule has 0 radical (unpaired) electrons. The number of para-hydroxylation sites is 1. The number of allylic oxidation sites excluding steroid dienone is 1.